The van der Waals surface area contributed by atoms with Crippen LogP contribution in [0.5, 0.6) is 5.75 Å². The van der Waals surface area contributed by atoms with E-state index in [4.69, 9.17) is 9.47 Å². The zero-order chi connectivity index (χ0) is 33.7. The van der Waals surface area contributed by atoms with Crippen molar-refractivity contribution in [2.75, 3.05) is 30.8 Å². The smallest absolute Gasteiger partial charge is 0.355 e. The van der Waals surface area contributed by atoms with Gasteiger partial charge in [0.2, 0.25) is 0 Å². The number of carbonyl (C=O) groups is 4. The highest BCUT2D eigenvalue weighted by Crippen LogP contribution is 2.55. The molecule has 1 aromatic carbocycles. The molecule has 1 N–H and O–H groups in total. The number of ether oxygens (including phenoxy) is 2. The summed E-state index contributed by atoms with van der Waals surface area (Å²) in [5.41, 5.74) is -0.238. The first-order valence-electron chi connectivity index (χ1n) is 17.0. The van der Waals surface area contributed by atoms with Gasteiger partial charge in [-0.25, -0.2) is 4.79 Å². The van der Waals surface area contributed by atoms with Crippen LogP contribution in [0, 0.1) is 0 Å². The fourth-order valence-electron chi connectivity index (χ4n) is 5.95. The number of hydrogen-bond acceptors (Lipinski definition) is 8. The Labute approximate surface area is 285 Å². The Morgan fingerprint density at radius 1 is 1.07 bits per heavy atom. The zero-order valence-corrected chi connectivity index (χ0v) is 31.2. The second kappa shape index (κ2) is 18.6. The number of aldehydes is 1. The van der Waals surface area contributed by atoms with Gasteiger partial charge in [-0.15, -0.1) is 11.8 Å². The highest BCUT2D eigenvalue weighted by atomic mass is 32.2. The van der Waals surface area contributed by atoms with E-state index < -0.39 is 35.8 Å². The first-order valence-corrected chi connectivity index (χ1v) is 21.3. The van der Waals surface area contributed by atoms with Crippen molar-refractivity contribution >= 4 is 59.9 Å². The van der Waals surface area contributed by atoms with Crippen molar-refractivity contribution < 1.29 is 28.7 Å². The molecule has 1 unspecified atom stereocenters. The first kappa shape index (κ1) is 38.5. The lowest BCUT2D eigenvalue weighted by Crippen LogP contribution is -2.73. The normalized spacial score (nSPS) is 20.5. The van der Waals surface area contributed by atoms with E-state index in [0.29, 0.717) is 11.2 Å². The third-order valence-corrected chi connectivity index (χ3v) is 16.3. The van der Waals surface area contributed by atoms with Crippen molar-refractivity contribution in [1.82, 2.24) is 10.2 Å². The topological polar surface area (TPSA) is 102 Å². The summed E-state index contributed by atoms with van der Waals surface area (Å²) in [4.78, 5) is 56.0. The Morgan fingerprint density at radius 3 is 2.17 bits per heavy atom. The highest BCUT2D eigenvalue weighted by Gasteiger charge is 2.55. The molecule has 2 saturated heterocycles. The van der Waals surface area contributed by atoms with E-state index in [9.17, 15) is 19.2 Å². The number of β-lactam (4-membered cyclic amide) rings is 1. The lowest BCUT2D eigenvalue weighted by molar-refractivity contribution is -0.151. The fourth-order valence-corrected chi connectivity index (χ4v) is 14.2. The van der Waals surface area contributed by atoms with Gasteiger partial charge in [-0.2, -0.15) is 11.8 Å². The van der Waals surface area contributed by atoms with Gasteiger partial charge in [0.25, 0.3) is 11.8 Å². The van der Waals surface area contributed by atoms with E-state index >= 15 is 0 Å². The molecule has 46 heavy (non-hydrogen) atoms. The number of carbonyl (C=O) groups excluding carboxylic acids is 4. The summed E-state index contributed by atoms with van der Waals surface area (Å²) < 4.78 is 11.8. The number of thioether (sulfide) groups is 2. The molecule has 2 amide bonds. The molecule has 2 aliphatic rings. The highest BCUT2D eigenvalue weighted by molar-refractivity contribution is 8.04. The molecular weight excluding hydrogens is 640 g/mol. The summed E-state index contributed by atoms with van der Waals surface area (Å²) in [5.74, 6) is 0.382. The van der Waals surface area contributed by atoms with Crippen LogP contribution in [0.2, 0.25) is 0 Å². The average Bonchev–Trinajstić information content (AvgIpc) is 3.57. The Kier molecular flexibility index (Phi) is 15.6. The Hall–Kier alpha value is -1.90. The van der Waals surface area contributed by atoms with Gasteiger partial charge in [0.05, 0.1) is 5.25 Å². The number of para-hydroxylation sites is 1. The number of esters is 1. The summed E-state index contributed by atoms with van der Waals surface area (Å²) in [6.07, 6.45) is 11.4. The van der Waals surface area contributed by atoms with Crippen molar-refractivity contribution in [3.8, 4) is 5.75 Å². The molecule has 2 fully saturated rings. The van der Waals surface area contributed by atoms with E-state index in [1.807, 2.05) is 39.0 Å². The maximum absolute atomic E-state index is 14.4. The van der Waals surface area contributed by atoms with Crippen LogP contribution in [0.3, 0.4) is 0 Å². The molecule has 3 rings (SSSR count). The Morgan fingerprint density at radius 2 is 1.67 bits per heavy atom. The first-order chi connectivity index (χ1) is 22.0. The van der Waals surface area contributed by atoms with Gasteiger partial charge in [0, 0.05) is 5.25 Å². The third kappa shape index (κ3) is 10.6. The molecule has 0 spiro atoms. The van der Waals surface area contributed by atoms with Crippen LogP contribution in [-0.2, 0) is 23.9 Å². The molecule has 8 nitrogen and oxygen atoms in total. The van der Waals surface area contributed by atoms with Crippen molar-refractivity contribution in [3.63, 3.8) is 0 Å². The van der Waals surface area contributed by atoms with Crippen LogP contribution in [-0.4, -0.2) is 92.7 Å². The van der Waals surface area contributed by atoms with Gasteiger partial charge >= 0.3 is 5.97 Å². The van der Waals surface area contributed by atoms with Gasteiger partial charge in [-0.3, -0.25) is 14.5 Å². The molecule has 0 radical (unpaired) electrons. The second-order valence-electron chi connectivity index (χ2n) is 13.2. The van der Waals surface area contributed by atoms with E-state index in [1.165, 1.54) is 11.8 Å². The number of rotatable bonds is 19. The number of hydrogen-bond donors (Lipinski definition) is 1. The number of amides is 2. The third-order valence-electron chi connectivity index (χ3n) is 8.31. The second-order valence-corrected chi connectivity index (χ2v) is 19.9. The van der Waals surface area contributed by atoms with Gasteiger partial charge in [-0.1, -0.05) is 65.1 Å². The molecular formula is C35H55N2O6PS2. The van der Waals surface area contributed by atoms with Crippen LogP contribution in [0.1, 0.15) is 92.9 Å². The average molecular weight is 695 g/mol. The van der Waals surface area contributed by atoms with Crippen molar-refractivity contribution in [2.45, 2.75) is 120 Å². The number of nitrogens with one attached hydrogen (secondary N) is 1. The maximum atomic E-state index is 14.4. The van der Waals surface area contributed by atoms with Crippen molar-refractivity contribution in [1.29, 1.82) is 0 Å². The lowest BCUT2D eigenvalue weighted by Gasteiger charge is -2.50. The molecule has 2 heterocycles. The molecule has 0 saturated carbocycles. The van der Waals surface area contributed by atoms with Crippen molar-refractivity contribution in [2.24, 2.45) is 0 Å². The van der Waals surface area contributed by atoms with Crippen LogP contribution in [0.25, 0.3) is 0 Å². The zero-order valence-electron chi connectivity index (χ0n) is 28.6. The largest absolute Gasteiger partial charge is 0.484 e. The Bertz CT molecular complexity index is 1190. The molecule has 0 aromatic heterocycles. The van der Waals surface area contributed by atoms with Gasteiger partial charge in [0.1, 0.15) is 34.5 Å². The molecule has 0 bridgehead atoms. The van der Waals surface area contributed by atoms with Crippen LogP contribution in [0.4, 0.5) is 0 Å². The summed E-state index contributed by atoms with van der Waals surface area (Å²) in [7, 11) is 0. The number of nitrogens with zero attached hydrogens (tertiary/aromatic N) is 1. The molecule has 258 valence electrons. The SMILES string of the molecule is CCCCP(CCCC)(CCCC)=C(C(=O)OC(C)(C)C)N1C(=O)[C@@H](NC(=O)COc2ccccc2)[C@H]1SC(C=O)[C@@H]1CCCS1. The summed E-state index contributed by atoms with van der Waals surface area (Å²) in [6, 6.07) is 8.17. The fraction of sp³-hybridized carbons (Fsp3) is 0.686. The molecule has 4 atom stereocenters. The van der Waals surface area contributed by atoms with Crippen molar-refractivity contribution in [3.05, 3.63) is 30.3 Å². The predicted molar refractivity (Wildman–Crippen MR) is 195 cm³/mol. The number of benzene rings is 1. The van der Waals surface area contributed by atoms with Crippen LogP contribution < -0.4 is 10.1 Å². The van der Waals surface area contributed by atoms with E-state index in [1.54, 1.807) is 28.8 Å². The minimum absolute atomic E-state index is 0.127. The summed E-state index contributed by atoms with van der Waals surface area (Å²) in [6.45, 7) is 9.61. The lowest BCUT2D eigenvalue weighted by atomic mass is 10.1. The minimum atomic E-state index is -2.18. The van der Waals surface area contributed by atoms with Gasteiger partial charge < -0.3 is 19.6 Å². The Balaban J connectivity index is 2.10. The standard InChI is InChI=1S/C35H55N2O6PS2/c1-7-10-20-44(21-11-8-2,22-12-9-3)32(34(41)43-35(4,5)6)37-31(40)30(33(37)46-28(24-38)27-19-16-23-45-27)36-29(39)25-42-26-17-14-13-15-18-26/h13-15,17-18,24,27-28,30,33H,7-12,16,19-23,25H2,1-6H3,(H,36,39)/t27-,28?,30+,33+/m0/s1. The van der Waals surface area contributed by atoms with E-state index in [2.05, 4.69) is 26.1 Å². The van der Waals surface area contributed by atoms with Crippen LogP contribution >= 0.6 is 30.4 Å². The molecule has 11 heteroatoms. The number of unbranched alkanes of at least 4 members (excludes halogenated alkanes) is 3. The maximum Gasteiger partial charge on any atom is 0.355 e. The minimum Gasteiger partial charge on any atom is -0.484 e. The monoisotopic (exact) mass is 694 g/mol. The number of likely N-dealkylation sites (tertiary alicyclic amines) is 1. The summed E-state index contributed by atoms with van der Waals surface area (Å²) in [5, 5.41) is 2.06. The van der Waals surface area contributed by atoms with Gasteiger partial charge in [-0.05, 0) is 89.2 Å². The summed E-state index contributed by atoms with van der Waals surface area (Å²) >= 11 is 3.19. The predicted octanol–water partition coefficient (Wildman–Crippen LogP) is 6.80. The van der Waals surface area contributed by atoms with E-state index in [-0.39, 0.29) is 23.0 Å². The van der Waals surface area contributed by atoms with Gasteiger partial charge in [0.15, 0.2) is 6.61 Å². The molecule has 2 aliphatic heterocycles. The van der Waals surface area contributed by atoms with Crippen LogP contribution in [0.15, 0.2) is 30.3 Å². The quantitative estimate of drug-likeness (QED) is 0.0730. The molecule has 0 aliphatic carbocycles. The molecule has 1 aromatic rings. The van der Waals surface area contributed by atoms with E-state index in [0.717, 1.165) is 81.9 Å².